The van der Waals surface area contributed by atoms with Crippen molar-refractivity contribution in [3.05, 3.63) is 33.6 Å². The Morgan fingerprint density at radius 1 is 1.52 bits per heavy atom. The molecule has 0 heterocycles. The van der Waals surface area contributed by atoms with Crippen LogP contribution >= 0.6 is 11.8 Å². The van der Waals surface area contributed by atoms with Crippen LogP contribution in [0.3, 0.4) is 0 Å². The number of carbonyl (C=O) groups is 1. The van der Waals surface area contributed by atoms with Crippen LogP contribution in [0.1, 0.15) is 29.6 Å². The minimum atomic E-state index is -0.902. The maximum atomic E-state index is 13.3. The number of carbonyl (C=O) groups excluding carboxylic acids is 1. The maximum absolute atomic E-state index is 13.3. The number of thioether (sulfide) groups is 1. The van der Waals surface area contributed by atoms with E-state index < -0.39 is 22.3 Å². The second-order valence-electron chi connectivity index (χ2n) is 4.93. The number of nitrogens with zero attached hydrogens (tertiary/aromatic N) is 1. The van der Waals surface area contributed by atoms with Crippen LogP contribution in [0.4, 0.5) is 15.8 Å². The Balaban J connectivity index is 2.26. The van der Waals surface area contributed by atoms with Crippen LogP contribution in [-0.2, 0) is 0 Å². The van der Waals surface area contributed by atoms with Gasteiger partial charge in [0.1, 0.15) is 5.56 Å². The molecule has 0 spiro atoms. The molecule has 0 aliphatic heterocycles. The Morgan fingerprint density at radius 2 is 2.24 bits per heavy atom. The van der Waals surface area contributed by atoms with E-state index in [0.717, 1.165) is 25.3 Å². The summed E-state index contributed by atoms with van der Waals surface area (Å²) < 4.78 is 13.3. The molecule has 3 N–H and O–H groups in total. The van der Waals surface area contributed by atoms with Crippen LogP contribution in [-0.4, -0.2) is 28.4 Å². The predicted octanol–water partition coefficient (Wildman–Crippen LogP) is 2.33. The Labute approximate surface area is 125 Å². The molecule has 1 fully saturated rings. The fourth-order valence-corrected chi connectivity index (χ4v) is 3.47. The van der Waals surface area contributed by atoms with Crippen LogP contribution < -0.4 is 11.1 Å². The lowest BCUT2D eigenvalue weighted by Crippen LogP contribution is -2.38. The fraction of sp³-hybridized carbons (Fsp3) is 0.462. The summed E-state index contributed by atoms with van der Waals surface area (Å²) in [7, 11) is 0. The highest BCUT2D eigenvalue weighted by molar-refractivity contribution is 7.99. The molecule has 21 heavy (non-hydrogen) atoms. The van der Waals surface area contributed by atoms with E-state index in [9.17, 15) is 19.3 Å². The molecule has 1 aliphatic carbocycles. The zero-order valence-corrected chi connectivity index (χ0v) is 12.3. The van der Waals surface area contributed by atoms with Gasteiger partial charge in [0.15, 0.2) is 5.82 Å². The standard InChI is InChI=1S/C13H16FN3O3S/c1-21-12-4-2-3-10(12)16-13(18)7-5-9(15)8(14)6-11(7)17(19)20/h5-6,10,12H,2-4,15H2,1H3,(H,16,18). The predicted molar refractivity (Wildman–Crippen MR) is 79.9 cm³/mol. The number of hydrogen-bond donors (Lipinski definition) is 2. The lowest BCUT2D eigenvalue weighted by molar-refractivity contribution is -0.385. The molecule has 2 rings (SSSR count). The summed E-state index contributed by atoms with van der Waals surface area (Å²) in [5.74, 6) is -1.49. The van der Waals surface area contributed by atoms with Crippen molar-refractivity contribution in [2.24, 2.45) is 0 Å². The molecule has 2 unspecified atom stereocenters. The van der Waals surface area contributed by atoms with Gasteiger partial charge in [0.05, 0.1) is 16.7 Å². The Hall–Kier alpha value is -1.83. The molecule has 0 bridgehead atoms. The lowest BCUT2D eigenvalue weighted by atomic mass is 10.1. The zero-order valence-electron chi connectivity index (χ0n) is 11.5. The highest BCUT2D eigenvalue weighted by Gasteiger charge is 2.30. The number of nitrogens with one attached hydrogen (secondary N) is 1. The van der Waals surface area contributed by atoms with Gasteiger partial charge in [0.2, 0.25) is 0 Å². The van der Waals surface area contributed by atoms with E-state index in [1.54, 1.807) is 11.8 Å². The minimum absolute atomic E-state index is 0.0293. The quantitative estimate of drug-likeness (QED) is 0.505. The molecule has 0 radical (unpaired) electrons. The third-order valence-corrected chi connectivity index (χ3v) is 4.80. The van der Waals surface area contributed by atoms with Crippen molar-refractivity contribution in [3.8, 4) is 0 Å². The summed E-state index contributed by atoms with van der Waals surface area (Å²) in [5.41, 5.74) is 4.35. The molecule has 1 aliphatic rings. The number of amides is 1. The van der Waals surface area contributed by atoms with Gasteiger partial charge in [-0.2, -0.15) is 11.8 Å². The lowest BCUT2D eigenvalue weighted by Gasteiger charge is -2.19. The van der Waals surface area contributed by atoms with Gasteiger partial charge in [-0.3, -0.25) is 14.9 Å². The molecule has 1 aromatic carbocycles. The van der Waals surface area contributed by atoms with Gasteiger partial charge in [-0.1, -0.05) is 6.42 Å². The smallest absolute Gasteiger partial charge is 0.285 e. The van der Waals surface area contributed by atoms with Crippen LogP contribution in [0.2, 0.25) is 0 Å². The average molecular weight is 313 g/mol. The average Bonchev–Trinajstić information content (AvgIpc) is 2.88. The molecule has 1 saturated carbocycles. The first-order chi connectivity index (χ1) is 9.93. The van der Waals surface area contributed by atoms with Crippen LogP contribution in [0.25, 0.3) is 0 Å². The Bertz CT molecular complexity index is 582. The van der Waals surface area contributed by atoms with Gasteiger partial charge >= 0.3 is 0 Å². The minimum Gasteiger partial charge on any atom is -0.396 e. The van der Waals surface area contributed by atoms with Crippen molar-refractivity contribution < 1.29 is 14.1 Å². The summed E-state index contributed by atoms with van der Waals surface area (Å²) in [5, 5.41) is 14.1. The number of benzene rings is 1. The monoisotopic (exact) mass is 313 g/mol. The molecule has 0 saturated heterocycles. The molecule has 1 amide bonds. The normalized spacial score (nSPS) is 21.2. The van der Waals surface area contributed by atoms with Gasteiger partial charge < -0.3 is 11.1 Å². The largest absolute Gasteiger partial charge is 0.396 e. The second-order valence-corrected chi connectivity index (χ2v) is 6.01. The van der Waals surface area contributed by atoms with E-state index in [2.05, 4.69) is 5.32 Å². The van der Waals surface area contributed by atoms with Crippen molar-refractivity contribution in [1.82, 2.24) is 5.32 Å². The number of nitrogens with two attached hydrogens (primary N) is 1. The first-order valence-electron chi connectivity index (χ1n) is 6.51. The maximum Gasteiger partial charge on any atom is 0.285 e. The number of nitrogen functional groups attached to an aromatic ring is 1. The van der Waals surface area contributed by atoms with E-state index in [4.69, 9.17) is 5.73 Å². The van der Waals surface area contributed by atoms with Crippen LogP contribution in [0, 0.1) is 15.9 Å². The number of rotatable bonds is 4. The summed E-state index contributed by atoms with van der Waals surface area (Å²) in [6.07, 6.45) is 4.80. The molecule has 8 heteroatoms. The van der Waals surface area contributed by atoms with Crippen molar-refractivity contribution in [1.29, 1.82) is 0 Å². The van der Waals surface area contributed by atoms with Crippen LogP contribution in [0.5, 0.6) is 0 Å². The highest BCUT2D eigenvalue weighted by Crippen LogP contribution is 2.30. The Kier molecular flexibility index (Phi) is 4.66. The van der Waals surface area contributed by atoms with Crippen molar-refractivity contribution in [2.45, 2.75) is 30.6 Å². The number of hydrogen-bond acceptors (Lipinski definition) is 5. The van der Waals surface area contributed by atoms with E-state index >= 15 is 0 Å². The molecule has 1 aromatic rings. The first kappa shape index (κ1) is 15.6. The van der Waals surface area contributed by atoms with Crippen molar-refractivity contribution >= 4 is 29.0 Å². The van der Waals surface area contributed by atoms with Crippen molar-refractivity contribution in [2.75, 3.05) is 12.0 Å². The fourth-order valence-electron chi connectivity index (χ4n) is 2.53. The van der Waals surface area contributed by atoms with Crippen LogP contribution in [0.15, 0.2) is 12.1 Å². The van der Waals surface area contributed by atoms with E-state index in [0.29, 0.717) is 11.3 Å². The van der Waals surface area contributed by atoms with Gasteiger partial charge in [-0.15, -0.1) is 0 Å². The topological polar surface area (TPSA) is 98.3 Å². The molecule has 2 atom stereocenters. The van der Waals surface area contributed by atoms with Gasteiger partial charge in [-0.25, -0.2) is 4.39 Å². The molecular weight excluding hydrogens is 297 g/mol. The zero-order chi connectivity index (χ0) is 15.6. The number of halogens is 1. The van der Waals surface area contributed by atoms with Gasteiger partial charge in [0, 0.05) is 11.3 Å². The first-order valence-corrected chi connectivity index (χ1v) is 7.80. The highest BCUT2D eigenvalue weighted by atomic mass is 32.2. The molecule has 0 aromatic heterocycles. The Morgan fingerprint density at radius 3 is 2.86 bits per heavy atom. The van der Waals surface area contributed by atoms with Gasteiger partial charge in [0.25, 0.3) is 11.6 Å². The SMILES string of the molecule is CSC1CCCC1NC(=O)c1cc(N)c(F)cc1[N+](=O)[O-]. The van der Waals surface area contributed by atoms with Gasteiger partial charge in [-0.05, 0) is 25.2 Å². The summed E-state index contributed by atoms with van der Waals surface area (Å²) in [6, 6.07) is 1.68. The summed E-state index contributed by atoms with van der Waals surface area (Å²) >= 11 is 1.66. The third kappa shape index (κ3) is 3.26. The number of anilines is 1. The second kappa shape index (κ2) is 6.30. The number of nitro benzene ring substituents is 1. The molecular formula is C13H16FN3O3S. The van der Waals surface area contributed by atoms with Crippen molar-refractivity contribution in [3.63, 3.8) is 0 Å². The third-order valence-electron chi connectivity index (χ3n) is 3.63. The van der Waals surface area contributed by atoms with E-state index in [-0.39, 0.29) is 17.3 Å². The van der Waals surface area contributed by atoms with E-state index in [1.807, 2.05) is 6.26 Å². The summed E-state index contributed by atoms with van der Waals surface area (Å²) in [4.78, 5) is 22.4. The molecule has 114 valence electrons. The van der Waals surface area contributed by atoms with E-state index in [1.165, 1.54) is 0 Å². The molecule has 6 nitrogen and oxygen atoms in total. The number of nitro groups is 1. The summed E-state index contributed by atoms with van der Waals surface area (Å²) in [6.45, 7) is 0.